The Balaban J connectivity index is 2.70. The lowest BCUT2D eigenvalue weighted by atomic mass is 9.92. The molecule has 2 aromatic carbocycles. The van der Waals surface area contributed by atoms with Crippen LogP contribution in [0.2, 0.25) is 0 Å². The monoisotopic (exact) mass is 268 g/mol. The van der Waals surface area contributed by atoms with Crippen molar-refractivity contribution in [1.82, 2.24) is 0 Å². The predicted octanol–water partition coefficient (Wildman–Crippen LogP) is 4.56. The number of benzene rings is 2. The van der Waals surface area contributed by atoms with Crippen molar-refractivity contribution in [2.24, 2.45) is 0 Å². The molecule has 4 heteroatoms. The molecule has 0 spiro atoms. The first-order valence-corrected chi connectivity index (χ1v) is 6.08. The molecule has 1 N–H and O–H groups in total. The van der Waals surface area contributed by atoms with Gasteiger partial charge in [-0.25, -0.2) is 0 Å². The van der Waals surface area contributed by atoms with Crippen molar-refractivity contribution in [3.63, 3.8) is 0 Å². The van der Waals surface area contributed by atoms with Crippen LogP contribution in [0.25, 0.3) is 10.8 Å². The molecule has 1 nitrogen and oxygen atoms in total. The van der Waals surface area contributed by atoms with E-state index in [1.807, 2.05) is 19.9 Å². The Labute approximate surface area is 109 Å². The molecule has 0 bridgehead atoms. The zero-order chi connectivity index (χ0) is 14.2. The number of alkyl halides is 3. The number of fused-ring (bicyclic) bond motifs is 1. The minimum Gasteiger partial charge on any atom is -0.379 e. The third-order valence-electron chi connectivity index (χ3n) is 3.19. The van der Waals surface area contributed by atoms with Crippen molar-refractivity contribution in [3.8, 4) is 0 Å². The van der Waals surface area contributed by atoms with Crippen molar-refractivity contribution in [3.05, 3.63) is 47.5 Å². The van der Waals surface area contributed by atoms with Crippen LogP contribution in [0.4, 0.5) is 13.2 Å². The van der Waals surface area contributed by atoms with Gasteiger partial charge in [0, 0.05) is 0 Å². The molecule has 0 saturated carbocycles. The summed E-state index contributed by atoms with van der Waals surface area (Å²) < 4.78 is 38.2. The summed E-state index contributed by atoms with van der Waals surface area (Å²) in [5.41, 5.74) is 0.714. The normalized spacial score (nSPS) is 14.1. The number of aliphatic hydroxyl groups is 1. The molecule has 0 saturated heterocycles. The number of hydrogen-bond donors (Lipinski definition) is 1. The van der Waals surface area contributed by atoms with E-state index in [4.69, 9.17) is 0 Å². The molecule has 19 heavy (non-hydrogen) atoms. The highest BCUT2D eigenvalue weighted by Gasteiger charge is 2.40. The van der Waals surface area contributed by atoms with E-state index in [0.717, 1.165) is 5.56 Å². The van der Waals surface area contributed by atoms with E-state index in [2.05, 4.69) is 0 Å². The van der Waals surface area contributed by atoms with Crippen molar-refractivity contribution < 1.29 is 18.3 Å². The Kier molecular flexibility index (Phi) is 3.54. The van der Waals surface area contributed by atoms with Gasteiger partial charge in [0.1, 0.15) is 0 Å². The Bertz CT molecular complexity index is 587. The van der Waals surface area contributed by atoms with Crippen LogP contribution < -0.4 is 0 Å². The highest BCUT2D eigenvalue weighted by Crippen LogP contribution is 2.37. The quantitative estimate of drug-likeness (QED) is 0.846. The summed E-state index contributed by atoms with van der Waals surface area (Å²) in [4.78, 5) is 0. The number of halogens is 3. The van der Waals surface area contributed by atoms with Crippen LogP contribution in [0.3, 0.4) is 0 Å². The minimum absolute atomic E-state index is 0.0747. The third-order valence-corrected chi connectivity index (χ3v) is 3.19. The fraction of sp³-hybridized carbons (Fsp3) is 0.333. The maximum absolute atomic E-state index is 12.7. The SMILES string of the molecule is CC(C)c1cc(C(O)C(F)(F)F)c2ccccc2c1. The van der Waals surface area contributed by atoms with Crippen molar-refractivity contribution in [2.75, 3.05) is 0 Å². The molecule has 0 amide bonds. The van der Waals surface area contributed by atoms with Gasteiger partial charge in [-0.15, -0.1) is 0 Å². The lowest BCUT2D eigenvalue weighted by Gasteiger charge is -2.19. The second kappa shape index (κ2) is 4.85. The first-order chi connectivity index (χ1) is 8.80. The van der Waals surface area contributed by atoms with Crippen LogP contribution >= 0.6 is 0 Å². The molecule has 1 atom stereocenters. The standard InChI is InChI=1S/C15H15F3O/c1-9(2)11-7-10-5-3-4-6-12(10)13(8-11)14(19)15(16,17)18/h3-9,14,19H,1-2H3. The van der Waals surface area contributed by atoms with E-state index in [9.17, 15) is 18.3 Å². The zero-order valence-corrected chi connectivity index (χ0v) is 10.7. The first-order valence-electron chi connectivity index (χ1n) is 6.08. The molecule has 0 heterocycles. The Morgan fingerprint density at radius 3 is 2.26 bits per heavy atom. The largest absolute Gasteiger partial charge is 0.418 e. The van der Waals surface area contributed by atoms with Crippen LogP contribution in [0.15, 0.2) is 36.4 Å². The minimum atomic E-state index is -4.65. The third kappa shape index (κ3) is 2.73. The Morgan fingerprint density at radius 1 is 1.05 bits per heavy atom. The second-order valence-electron chi connectivity index (χ2n) is 4.93. The van der Waals surface area contributed by atoms with E-state index in [-0.39, 0.29) is 11.5 Å². The molecule has 2 rings (SSSR count). The molecule has 2 aromatic rings. The topological polar surface area (TPSA) is 20.2 Å². The van der Waals surface area contributed by atoms with Crippen LogP contribution in [-0.4, -0.2) is 11.3 Å². The van der Waals surface area contributed by atoms with E-state index in [1.54, 1.807) is 24.3 Å². The van der Waals surface area contributed by atoms with Gasteiger partial charge in [0.15, 0.2) is 6.10 Å². The summed E-state index contributed by atoms with van der Waals surface area (Å²) in [6.07, 6.45) is -7.10. The Hall–Kier alpha value is -1.55. The average molecular weight is 268 g/mol. The zero-order valence-electron chi connectivity index (χ0n) is 10.7. The van der Waals surface area contributed by atoms with Gasteiger partial charge in [-0.05, 0) is 27.8 Å². The lowest BCUT2D eigenvalue weighted by molar-refractivity contribution is -0.206. The number of hydrogen-bond acceptors (Lipinski definition) is 1. The molecular formula is C15H15F3O. The van der Waals surface area contributed by atoms with Crippen LogP contribution in [0, 0.1) is 0 Å². The first kappa shape index (κ1) is 13.9. The predicted molar refractivity (Wildman–Crippen MR) is 69.1 cm³/mol. The van der Waals surface area contributed by atoms with Gasteiger partial charge in [-0.2, -0.15) is 13.2 Å². The molecule has 0 radical (unpaired) electrons. The van der Waals surface area contributed by atoms with Gasteiger partial charge in [-0.3, -0.25) is 0 Å². The van der Waals surface area contributed by atoms with Crippen molar-refractivity contribution >= 4 is 10.8 Å². The van der Waals surface area contributed by atoms with E-state index in [0.29, 0.717) is 10.8 Å². The van der Waals surface area contributed by atoms with E-state index in [1.165, 1.54) is 6.07 Å². The van der Waals surface area contributed by atoms with Gasteiger partial charge in [0.2, 0.25) is 0 Å². The Morgan fingerprint density at radius 2 is 1.68 bits per heavy atom. The summed E-state index contributed by atoms with van der Waals surface area (Å²) >= 11 is 0. The summed E-state index contributed by atoms with van der Waals surface area (Å²) in [5.74, 6) is 0.101. The molecule has 0 aliphatic rings. The highest BCUT2D eigenvalue weighted by molar-refractivity contribution is 5.87. The smallest absolute Gasteiger partial charge is 0.379 e. The maximum atomic E-state index is 12.7. The fourth-order valence-electron chi connectivity index (χ4n) is 2.10. The summed E-state index contributed by atoms with van der Waals surface area (Å²) in [6.45, 7) is 3.82. The molecule has 102 valence electrons. The van der Waals surface area contributed by atoms with Crippen molar-refractivity contribution in [2.45, 2.75) is 32.0 Å². The number of aliphatic hydroxyl groups excluding tert-OH is 1. The summed E-state index contributed by atoms with van der Waals surface area (Å²) in [7, 11) is 0. The lowest BCUT2D eigenvalue weighted by Crippen LogP contribution is -2.20. The second-order valence-corrected chi connectivity index (χ2v) is 4.93. The van der Waals surface area contributed by atoms with Crippen LogP contribution in [-0.2, 0) is 0 Å². The maximum Gasteiger partial charge on any atom is 0.418 e. The molecule has 0 aliphatic heterocycles. The summed E-state index contributed by atoms with van der Waals surface area (Å²) in [5, 5.41) is 10.7. The van der Waals surface area contributed by atoms with Gasteiger partial charge in [0.05, 0.1) is 0 Å². The molecule has 0 fully saturated rings. The fourth-order valence-corrected chi connectivity index (χ4v) is 2.10. The highest BCUT2D eigenvalue weighted by atomic mass is 19.4. The van der Waals surface area contributed by atoms with E-state index >= 15 is 0 Å². The van der Waals surface area contributed by atoms with Crippen molar-refractivity contribution in [1.29, 1.82) is 0 Å². The molecular weight excluding hydrogens is 253 g/mol. The molecule has 1 unspecified atom stereocenters. The van der Waals surface area contributed by atoms with Gasteiger partial charge in [-0.1, -0.05) is 50.2 Å². The average Bonchev–Trinajstić information content (AvgIpc) is 2.35. The van der Waals surface area contributed by atoms with Gasteiger partial charge < -0.3 is 5.11 Å². The van der Waals surface area contributed by atoms with E-state index < -0.39 is 12.3 Å². The van der Waals surface area contributed by atoms with Crippen LogP contribution in [0.5, 0.6) is 0 Å². The van der Waals surface area contributed by atoms with Crippen LogP contribution in [0.1, 0.15) is 37.0 Å². The molecule has 0 aliphatic carbocycles. The summed E-state index contributed by atoms with van der Waals surface area (Å²) in [6, 6.07) is 10.1. The number of rotatable bonds is 2. The van der Waals surface area contributed by atoms with Gasteiger partial charge >= 0.3 is 6.18 Å². The molecule has 0 aromatic heterocycles. The van der Waals surface area contributed by atoms with Gasteiger partial charge in [0.25, 0.3) is 0 Å².